The normalized spacial score (nSPS) is 12.4. The van der Waals surface area contributed by atoms with E-state index in [1.165, 1.54) is 7.11 Å². The number of hydrogen-bond acceptors (Lipinski definition) is 4. The number of aryl methyl sites for hydroxylation is 1. The second-order valence-corrected chi connectivity index (χ2v) is 10.8. The van der Waals surface area contributed by atoms with E-state index in [4.69, 9.17) is 16.3 Å². The Bertz CT molecular complexity index is 1390. The maximum absolute atomic E-state index is 12.5. The Kier molecular flexibility index (Phi) is 8.22. The van der Waals surface area contributed by atoms with Crippen LogP contribution in [0.3, 0.4) is 0 Å². The predicted molar refractivity (Wildman–Crippen MR) is 147 cm³/mol. The van der Waals surface area contributed by atoms with Gasteiger partial charge < -0.3 is 19.9 Å². The molecule has 0 saturated carbocycles. The molecule has 37 heavy (non-hydrogen) atoms. The van der Waals surface area contributed by atoms with Gasteiger partial charge in [0.1, 0.15) is 0 Å². The van der Waals surface area contributed by atoms with Gasteiger partial charge in [0.05, 0.1) is 18.2 Å². The van der Waals surface area contributed by atoms with Crippen LogP contribution in [-0.4, -0.2) is 35.4 Å². The van der Waals surface area contributed by atoms with E-state index >= 15 is 0 Å². The van der Waals surface area contributed by atoms with Crippen LogP contribution in [0.1, 0.15) is 57.4 Å². The summed E-state index contributed by atoms with van der Waals surface area (Å²) in [6.07, 6.45) is -1.76. The lowest BCUT2D eigenvalue weighted by Crippen LogP contribution is -2.42. The Morgan fingerprint density at radius 1 is 1.03 bits per heavy atom. The molecule has 6 nitrogen and oxygen atoms in total. The number of rotatable bonds is 5. The molecule has 7 heteroatoms. The van der Waals surface area contributed by atoms with Crippen molar-refractivity contribution in [1.29, 1.82) is 0 Å². The van der Waals surface area contributed by atoms with Crippen LogP contribution < -0.4 is 5.32 Å². The second-order valence-electron chi connectivity index (χ2n) is 10.4. The summed E-state index contributed by atoms with van der Waals surface area (Å²) in [4.78, 5) is 24.1. The van der Waals surface area contributed by atoms with Gasteiger partial charge in [-0.2, -0.15) is 0 Å². The number of ether oxygens (including phenoxy) is 2. The Hall–Kier alpha value is -3.53. The van der Waals surface area contributed by atoms with Crippen LogP contribution in [0.4, 0.5) is 4.79 Å². The first-order chi connectivity index (χ1) is 17.2. The van der Waals surface area contributed by atoms with Crippen molar-refractivity contribution in [2.75, 3.05) is 7.11 Å². The van der Waals surface area contributed by atoms with E-state index in [9.17, 15) is 14.7 Å². The van der Waals surface area contributed by atoms with Gasteiger partial charge in [0, 0.05) is 16.1 Å². The van der Waals surface area contributed by atoms with Crippen LogP contribution in [0, 0.1) is 18.8 Å². The number of carboxylic acids is 1. The smallest absolute Gasteiger partial charge is 0.408 e. The summed E-state index contributed by atoms with van der Waals surface area (Å²) in [5.74, 6) is 5.13. The molecule has 194 valence electrons. The third-order valence-corrected chi connectivity index (χ3v) is 5.85. The minimum atomic E-state index is -1.19. The van der Waals surface area contributed by atoms with E-state index in [2.05, 4.69) is 21.9 Å². The Labute approximate surface area is 222 Å². The first-order valence-electron chi connectivity index (χ1n) is 11.8. The van der Waals surface area contributed by atoms with Gasteiger partial charge in [0.2, 0.25) is 0 Å². The van der Waals surface area contributed by atoms with E-state index < -0.39 is 29.3 Å². The van der Waals surface area contributed by atoms with E-state index in [1.54, 1.807) is 26.0 Å². The zero-order chi connectivity index (χ0) is 27.5. The third kappa shape index (κ3) is 7.03. The van der Waals surface area contributed by atoms with Crippen LogP contribution in [0.25, 0.3) is 21.9 Å². The summed E-state index contributed by atoms with van der Waals surface area (Å²) < 4.78 is 10.7. The van der Waals surface area contributed by atoms with Gasteiger partial charge in [-0.25, -0.2) is 9.59 Å². The molecule has 0 fully saturated rings. The molecule has 0 saturated heterocycles. The number of aliphatic carboxylic acids is 1. The zero-order valence-corrected chi connectivity index (χ0v) is 22.9. The predicted octanol–water partition coefficient (Wildman–Crippen LogP) is 6.90. The highest BCUT2D eigenvalue weighted by Crippen LogP contribution is 2.41. The minimum absolute atomic E-state index is 0.568. The fraction of sp³-hybridized carbons (Fsp3) is 0.333. The number of amides is 1. The van der Waals surface area contributed by atoms with Crippen LogP contribution in [0.5, 0.6) is 0 Å². The average molecular weight is 522 g/mol. The molecule has 0 radical (unpaired) electrons. The number of carbonyl (C=O) groups excluding carboxylic acids is 1. The summed E-state index contributed by atoms with van der Waals surface area (Å²) in [7, 11) is 1.30. The van der Waals surface area contributed by atoms with E-state index in [-0.39, 0.29) is 0 Å². The lowest BCUT2D eigenvalue weighted by atomic mass is 9.86. The summed E-state index contributed by atoms with van der Waals surface area (Å²) in [6, 6.07) is 15.0. The highest BCUT2D eigenvalue weighted by molar-refractivity contribution is 6.30. The van der Waals surface area contributed by atoms with Gasteiger partial charge in [-0.05, 0) is 93.3 Å². The van der Waals surface area contributed by atoms with Crippen LogP contribution >= 0.6 is 11.6 Å². The van der Waals surface area contributed by atoms with Crippen LogP contribution in [-0.2, 0) is 14.3 Å². The maximum atomic E-state index is 12.5. The van der Waals surface area contributed by atoms with Crippen molar-refractivity contribution in [3.05, 3.63) is 70.2 Å². The van der Waals surface area contributed by atoms with Crippen LogP contribution in [0.15, 0.2) is 48.5 Å². The summed E-state index contributed by atoms with van der Waals surface area (Å²) in [6.45, 7) is 10.9. The molecule has 1 amide bonds. The van der Waals surface area contributed by atoms with Gasteiger partial charge in [0.15, 0.2) is 6.10 Å². The van der Waals surface area contributed by atoms with Crippen molar-refractivity contribution in [2.24, 2.45) is 0 Å². The number of benzene rings is 3. The molecule has 1 atom stereocenters. The minimum Gasteiger partial charge on any atom is -0.479 e. The lowest BCUT2D eigenvalue weighted by molar-refractivity contribution is -0.160. The molecule has 0 bridgehead atoms. The van der Waals surface area contributed by atoms with E-state index in [0.717, 1.165) is 27.5 Å². The Balaban J connectivity index is 2.30. The third-order valence-electron chi connectivity index (χ3n) is 5.60. The Morgan fingerprint density at radius 2 is 1.68 bits per heavy atom. The van der Waals surface area contributed by atoms with Crippen molar-refractivity contribution in [1.82, 2.24) is 5.32 Å². The van der Waals surface area contributed by atoms with Crippen LogP contribution in [0.2, 0.25) is 5.02 Å². The molecule has 0 aromatic heterocycles. The standard InChI is InChI=1S/C30H32ClNO5/c1-18-16-21-9-8-19(14-15-30(5,6)32-28(35)36-7)17-23(21)25(20-10-12-22(31)13-11-20)24(18)26(27(33)34)37-29(2,3)4/h8-13,16-17,26H,1-7H3,(H,32,35)(H,33,34). The highest BCUT2D eigenvalue weighted by Gasteiger charge is 2.31. The molecular formula is C30H32ClNO5. The number of carboxylic acid groups (broad SMARTS) is 1. The molecule has 3 rings (SSSR count). The molecule has 0 spiro atoms. The first kappa shape index (κ1) is 28.0. The quantitative estimate of drug-likeness (QED) is 0.357. The van der Waals surface area contributed by atoms with E-state index in [1.807, 2.05) is 64.1 Å². The number of methoxy groups -OCH3 is 1. The lowest BCUT2D eigenvalue weighted by Gasteiger charge is -2.28. The van der Waals surface area contributed by atoms with Gasteiger partial charge in [-0.1, -0.05) is 47.7 Å². The molecule has 1 unspecified atom stereocenters. The first-order valence-corrected chi connectivity index (χ1v) is 12.2. The SMILES string of the molecule is COC(=O)NC(C)(C)C#Cc1ccc2cc(C)c(C(OC(C)(C)C)C(=O)O)c(-c3ccc(Cl)cc3)c2c1. The second kappa shape index (κ2) is 10.8. The fourth-order valence-corrected chi connectivity index (χ4v) is 4.17. The fourth-order valence-electron chi connectivity index (χ4n) is 4.05. The molecule has 3 aromatic carbocycles. The van der Waals surface area contributed by atoms with E-state index in [0.29, 0.717) is 16.1 Å². The summed E-state index contributed by atoms with van der Waals surface area (Å²) in [5, 5.41) is 15.2. The van der Waals surface area contributed by atoms with Crippen molar-refractivity contribution in [3.8, 4) is 23.0 Å². The molecule has 0 aliphatic heterocycles. The van der Waals surface area contributed by atoms with Gasteiger partial charge >= 0.3 is 12.1 Å². The van der Waals surface area contributed by atoms with Gasteiger partial charge in [-0.3, -0.25) is 0 Å². The summed E-state index contributed by atoms with van der Waals surface area (Å²) >= 11 is 6.17. The van der Waals surface area contributed by atoms with Crippen molar-refractivity contribution >= 4 is 34.4 Å². The monoisotopic (exact) mass is 521 g/mol. The highest BCUT2D eigenvalue weighted by atomic mass is 35.5. The van der Waals surface area contributed by atoms with Crippen molar-refractivity contribution < 1.29 is 24.2 Å². The number of alkyl carbamates (subject to hydrolysis) is 1. The Morgan fingerprint density at radius 3 is 2.24 bits per heavy atom. The largest absolute Gasteiger partial charge is 0.479 e. The molecule has 3 aromatic rings. The molecule has 0 heterocycles. The zero-order valence-electron chi connectivity index (χ0n) is 22.2. The number of halogens is 1. The summed E-state index contributed by atoms with van der Waals surface area (Å²) in [5.41, 5.74) is 2.14. The topological polar surface area (TPSA) is 84.9 Å². The number of carbonyl (C=O) groups is 2. The van der Waals surface area contributed by atoms with Crippen molar-refractivity contribution in [2.45, 2.75) is 58.8 Å². The molecule has 0 aliphatic rings. The van der Waals surface area contributed by atoms with Gasteiger partial charge in [0.25, 0.3) is 0 Å². The number of fused-ring (bicyclic) bond motifs is 1. The number of hydrogen-bond donors (Lipinski definition) is 2. The molecule has 2 N–H and O–H groups in total. The van der Waals surface area contributed by atoms with Gasteiger partial charge in [-0.15, -0.1) is 0 Å². The average Bonchev–Trinajstić information content (AvgIpc) is 2.80. The number of nitrogens with one attached hydrogen (secondary N) is 1. The van der Waals surface area contributed by atoms with Crippen molar-refractivity contribution in [3.63, 3.8) is 0 Å². The maximum Gasteiger partial charge on any atom is 0.408 e. The molecule has 0 aliphatic carbocycles. The molecular weight excluding hydrogens is 490 g/mol.